The van der Waals surface area contributed by atoms with Gasteiger partial charge in [-0.3, -0.25) is 9.88 Å². The van der Waals surface area contributed by atoms with E-state index in [2.05, 4.69) is 14.6 Å². The summed E-state index contributed by atoms with van der Waals surface area (Å²) in [7, 11) is -3.18. The second kappa shape index (κ2) is 6.00. The SMILES string of the molecule is CS(=O)(=O)NCc1cncc2c1CCN([C@H]1CCOC1)C2. The molecule has 0 aromatic carbocycles. The van der Waals surface area contributed by atoms with Gasteiger partial charge in [0.1, 0.15) is 0 Å². The van der Waals surface area contributed by atoms with Crippen molar-refractivity contribution in [2.24, 2.45) is 0 Å². The number of pyridine rings is 1. The monoisotopic (exact) mass is 311 g/mol. The van der Waals surface area contributed by atoms with Crippen LogP contribution in [-0.4, -0.2) is 50.4 Å². The summed E-state index contributed by atoms with van der Waals surface area (Å²) in [5, 5.41) is 0. The van der Waals surface area contributed by atoms with Crippen LogP contribution in [-0.2, 0) is 34.3 Å². The summed E-state index contributed by atoms with van der Waals surface area (Å²) in [6.45, 7) is 3.87. The molecule has 0 spiro atoms. The minimum Gasteiger partial charge on any atom is -0.380 e. The van der Waals surface area contributed by atoms with Gasteiger partial charge in [0.05, 0.1) is 12.9 Å². The summed E-state index contributed by atoms with van der Waals surface area (Å²) in [5.74, 6) is 0. The molecule has 6 nitrogen and oxygen atoms in total. The fraction of sp³-hybridized carbons (Fsp3) is 0.643. The molecular weight excluding hydrogens is 290 g/mol. The molecule has 0 amide bonds. The minimum absolute atomic E-state index is 0.321. The molecule has 1 fully saturated rings. The van der Waals surface area contributed by atoms with Crippen molar-refractivity contribution in [3.63, 3.8) is 0 Å². The first kappa shape index (κ1) is 14.9. The van der Waals surface area contributed by atoms with Crippen LogP contribution in [0.2, 0.25) is 0 Å². The maximum absolute atomic E-state index is 11.2. The van der Waals surface area contributed by atoms with Gasteiger partial charge in [-0.15, -0.1) is 0 Å². The number of ether oxygens (including phenoxy) is 1. The van der Waals surface area contributed by atoms with Gasteiger partial charge in [-0.2, -0.15) is 0 Å². The second-order valence-corrected chi connectivity index (χ2v) is 7.60. The van der Waals surface area contributed by atoms with Crippen LogP contribution >= 0.6 is 0 Å². The average Bonchev–Trinajstić information content (AvgIpc) is 2.97. The van der Waals surface area contributed by atoms with Crippen molar-refractivity contribution in [1.82, 2.24) is 14.6 Å². The molecular formula is C14H21N3O3S. The van der Waals surface area contributed by atoms with E-state index in [0.29, 0.717) is 12.6 Å². The highest BCUT2D eigenvalue weighted by atomic mass is 32.2. The number of nitrogens with one attached hydrogen (secondary N) is 1. The first-order chi connectivity index (χ1) is 10.0. The molecule has 0 saturated carbocycles. The first-order valence-electron chi connectivity index (χ1n) is 7.24. The highest BCUT2D eigenvalue weighted by Gasteiger charge is 2.27. The Bertz CT molecular complexity index is 612. The fourth-order valence-electron chi connectivity index (χ4n) is 3.07. The molecule has 21 heavy (non-hydrogen) atoms. The van der Waals surface area contributed by atoms with Gasteiger partial charge >= 0.3 is 0 Å². The molecule has 1 saturated heterocycles. The zero-order valence-corrected chi connectivity index (χ0v) is 13.0. The Labute approximate surface area is 125 Å². The van der Waals surface area contributed by atoms with Gasteiger partial charge in [0.2, 0.25) is 10.0 Å². The topological polar surface area (TPSA) is 71.5 Å². The summed E-state index contributed by atoms with van der Waals surface area (Å²) in [6.07, 6.45) is 6.89. The molecule has 0 bridgehead atoms. The van der Waals surface area contributed by atoms with Gasteiger partial charge < -0.3 is 4.74 Å². The molecule has 1 aromatic rings. The highest BCUT2D eigenvalue weighted by molar-refractivity contribution is 7.88. The summed E-state index contributed by atoms with van der Waals surface area (Å²) in [4.78, 5) is 6.72. The van der Waals surface area contributed by atoms with Crippen molar-refractivity contribution in [3.05, 3.63) is 29.1 Å². The normalized spacial score (nSPS) is 23.2. The van der Waals surface area contributed by atoms with E-state index in [-0.39, 0.29) is 0 Å². The summed E-state index contributed by atoms with van der Waals surface area (Å²) in [5.41, 5.74) is 3.44. The second-order valence-electron chi connectivity index (χ2n) is 5.77. The molecule has 3 heterocycles. The molecule has 0 unspecified atom stereocenters. The van der Waals surface area contributed by atoms with E-state index in [1.807, 2.05) is 6.20 Å². The lowest BCUT2D eigenvalue weighted by molar-refractivity contribution is 0.134. The van der Waals surface area contributed by atoms with Crippen LogP contribution in [0.15, 0.2) is 12.4 Å². The van der Waals surface area contributed by atoms with Gasteiger partial charge in [-0.25, -0.2) is 13.1 Å². The quantitative estimate of drug-likeness (QED) is 0.865. The van der Waals surface area contributed by atoms with Crippen LogP contribution in [0.3, 0.4) is 0 Å². The van der Waals surface area contributed by atoms with E-state index < -0.39 is 10.0 Å². The molecule has 0 aliphatic carbocycles. The summed E-state index contributed by atoms with van der Waals surface area (Å²) < 4.78 is 30.5. The van der Waals surface area contributed by atoms with Crippen molar-refractivity contribution in [2.45, 2.75) is 32.0 Å². The van der Waals surface area contributed by atoms with E-state index in [1.165, 1.54) is 17.4 Å². The Hall–Kier alpha value is -1.02. The van der Waals surface area contributed by atoms with E-state index in [1.54, 1.807) is 6.20 Å². The smallest absolute Gasteiger partial charge is 0.209 e. The number of hydrogen-bond donors (Lipinski definition) is 1. The lowest BCUT2D eigenvalue weighted by Gasteiger charge is -2.33. The molecule has 0 radical (unpaired) electrons. The highest BCUT2D eigenvalue weighted by Crippen LogP contribution is 2.25. The first-order valence-corrected chi connectivity index (χ1v) is 9.13. The van der Waals surface area contributed by atoms with E-state index in [9.17, 15) is 8.42 Å². The zero-order valence-electron chi connectivity index (χ0n) is 12.2. The van der Waals surface area contributed by atoms with E-state index >= 15 is 0 Å². The zero-order chi connectivity index (χ0) is 14.9. The van der Waals surface area contributed by atoms with Crippen LogP contribution in [0.4, 0.5) is 0 Å². The molecule has 7 heteroatoms. The maximum atomic E-state index is 11.2. The third-order valence-electron chi connectivity index (χ3n) is 4.21. The number of sulfonamides is 1. The van der Waals surface area contributed by atoms with Crippen molar-refractivity contribution < 1.29 is 13.2 Å². The maximum Gasteiger partial charge on any atom is 0.209 e. The van der Waals surface area contributed by atoms with Gasteiger partial charge in [0, 0.05) is 44.7 Å². The Morgan fingerprint density at radius 1 is 1.48 bits per heavy atom. The van der Waals surface area contributed by atoms with Crippen LogP contribution in [0.5, 0.6) is 0 Å². The van der Waals surface area contributed by atoms with E-state index in [4.69, 9.17) is 4.74 Å². The lowest BCUT2D eigenvalue weighted by Crippen LogP contribution is -2.40. The predicted molar refractivity (Wildman–Crippen MR) is 79.3 cm³/mol. The third kappa shape index (κ3) is 3.60. The van der Waals surface area contributed by atoms with Gasteiger partial charge in [-0.05, 0) is 29.5 Å². The van der Waals surface area contributed by atoms with Crippen LogP contribution in [0.25, 0.3) is 0 Å². The fourth-order valence-corrected chi connectivity index (χ4v) is 3.49. The predicted octanol–water partition coefficient (Wildman–Crippen LogP) is 0.278. The Morgan fingerprint density at radius 3 is 3.05 bits per heavy atom. The number of hydrogen-bond acceptors (Lipinski definition) is 5. The van der Waals surface area contributed by atoms with Crippen molar-refractivity contribution in [1.29, 1.82) is 0 Å². The largest absolute Gasteiger partial charge is 0.380 e. The summed E-state index contributed by atoms with van der Waals surface area (Å²) >= 11 is 0. The Morgan fingerprint density at radius 2 is 2.33 bits per heavy atom. The van der Waals surface area contributed by atoms with E-state index in [0.717, 1.165) is 44.7 Å². The molecule has 116 valence electrons. The summed E-state index contributed by atoms with van der Waals surface area (Å²) in [6, 6.07) is 0.510. The van der Waals surface area contributed by atoms with Gasteiger partial charge in [0.25, 0.3) is 0 Å². The van der Waals surface area contributed by atoms with Crippen molar-refractivity contribution >= 4 is 10.0 Å². The molecule has 1 aromatic heterocycles. The number of nitrogens with zero attached hydrogens (tertiary/aromatic N) is 2. The standard InChI is InChI=1S/C14H21N3O3S/c1-21(18,19)16-8-11-6-15-7-12-9-17(4-2-14(11)12)13-3-5-20-10-13/h6-7,13,16H,2-5,8-10H2,1H3/t13-/m0/s1. The average molecular weight is 311 g/mol. The Balaban J connectivity index is 1.74. The molecule has 2 aliphatic rings. The lowest BCUT2D eigenvalue weighted by atomic mass is 9.96. The minimum atomic E-state index is -3.18. The number of aromatic nitrogens is 1. The molecule has 2 aliphatic heterocycles. The molecule has 1 atom stereocenters. The van der Waals surface area contributed by atoms with Gasteiger partial charge in [0.15, 0.2) is 0 Å². The molecule has 3 rings (SSSR count). The number of fused-ring (bicyclic) bond motifs is 1. The third-order valence-corrected chi connectivity index (χ3v) is 4.87. The van der Waals surface area contributed by atoms with Crippen molar-refractivity contribution in [3.8, 4) is 0 Å². The van der Waals surface area contributed by atoms with Gasteiger partial charge in [-0.1, -0.05) is 0 Å². The van der Waals surface area contributed by atoms with Crippen molar-refractivity contribution in [2.75, 3.05) is 26.0 Å². The van der Waals surface area contributed by atoms with Crippen LogP contribution in [0, 0.1) is 0 Å². The Kier molecular flexibility index (Phi) is 4.26. The van der Waals surface area contributed by atoms with Crippen LogP contribution < -0.4 is 4.72 Å². The molecule has 1 N–H and O–H groups in total. The number of rotatable bonds is 4. The van der Waals surface area contributed by atoms with Crippen LogP contribution in [0.1, 0.15) is 23.1 Å².